The summed E-state index contributed by atoms with van der Waals surface area (Å²) < 4.78 is 38.2. The molecule has 168 valence electrons. The van der Waals surface area contributed by atoms with E-state index in [-0.39, 0.29) is 32.9 Å². The molecule has 1 aromatic carbocycles. The van der Waals surface area contributed by atoms with E-state index < -0.39 is 21.9 Å². The summed E-state index contributed by atoms with van der Waals surface area (Å²) in [6.45, 7) is 4.89. The number of piperidine rings is 1. The summed E-state index contributed by atoms with van der Waals surface area (Å²) in [6, 6.07) is 5.86. The van der Waals surface area contributed by atoms with Crippen LogP contribution in [0.1, 0.15) is 40.3 Å². The van der Waals surface area contributed by atoms with E-state index in [9.17, 15) is 18.0 Å². The molecule has 10 heteroatoms. The molecule has 2 atom stereocenters. The van der Waals surface area contributed by atoms with Crippen molar-refractivity contribution in [1.82, 2.24) is 4.31 Å². The third-order valence-corrected chi connectivity index (χ3v) is 7.91. The van der Waals surface area contributed by atoms with Gasteiger partial charge in [0.2, 0.25) is 10.0 Å². The van der Waals surface area contributed by atoms with Crippen molar-refractivity contribution in [3.63, 3.8) is 0 Å². The lowest BCUT2D eigenvalue weighted by Gasteiger charge is -2.34. The number of ether oxygens (including phenoxy) is 2. The number of thiophene rings is 1. The Balaban J connectivity index is 1.93. The number of hydrogen-bond acceptors (Lipinski definition) is 7. The lowest BCUT2D eigenvalue weighted by molar-refractivity contribution is 0.0607. The Labute approximate surface area is 186 Å². The van der Waals surface area contributed by atoms with Gasteiger partial charge in [-0.25, -0.2) is 13.2 Å². The van der Waals surface area contributed by atoms with Crippen LogP contribution in [0.2, 0.25) is 0 Å². The molecule has 3 rings (SSSR count). The van der Waals surface area contributed by atoms with Gasteiger partial charge in [0.25, 0.3) is 5.91 Å². The maximum Gasteiger partial charge on any atom is 0.350 e. The number of methoxy groups -OCH3 is 2. The van der Waals surface area contributed by atoms with Crippen LogP contribution in [0.15, 0.2) is 34.5 Å². The average Bonchev–Trinajstić information content (AvgIpc) is 3.20. The quantitative estimate of drug-likeness (QED) is 0.654. The van der Waals surface area contributed by atoms with Crippen molar-refractivity contribution in [2.24, 2.45) is 11.8 Å². The van der Waals surface area contributed by atoms with Crippen LogP contribution in [-0.2, 0) is 14.8 Å². The Morgan fingerprint density at radius 1 is 1.13 bits per heavy atom. The second kappa shape index (κ2) is 9.37. The number of nitrogens with zero attached hydrogens (tertiary/aromatic N) is 1. The van der Waals surface area contributed by atoms with Gasteiger partial charge in [0.1, 0.15) is 15.5 Å². The van der Waals surface area contributed by atoms with Gasteiger partial charge in [-0.05, 0) is 47.9 Å². The molecular formula is C21H26N2O6S2. The highest BCUT2D eigenvalue weighted by molar-refractivity contribution is 7.89. The van der Waals surface area contributed by atoms with E-state index in [1.165, 1.54) is 36.7 Å². The third-order valence-electron chi connectivity index (χ3n) is 5.16. The fraction of sp³-hybridized carbons (Fsp3) is 0.429. The van der Waals surface area contributed by atoms with Crippen LogP contribution in [0.4, 0.5) is 5.69 Å². The highest BCUT2D eigenvalue weighted by atomic mass is 32.2. The second-order valence-corrected chi connectivity index (χ2v) is 10.6. The number of anilines is 1. The molecule has 0 saturated carbocycles. The summed E-state index contributed by atoms with van der Waals surface area (Å²) in [4.78, 5) is 24.9. The summed E-state index contributed by atoms with van der Waals surface area (Å²) in [5.41, 5.74) is 0.445. The zero-order valence-corrected chi connectivity index (χ0v) is 19.5. The molecule has 31 heavy (non-hydrogen) atoms. The largest absolute Gasteiger partial charge is 0.495 e. The summed E-state index contributed by atoms with van der Waals surface area (Å²) in [7, 11) is -1.21. The maximum atomic E-state index is 13.4. The molecule has 0 spiro atoms. The van der Waals surface area contributed by atoms with Gasteiger partial charge in [0.05, 0.1) is 19.9 Å². The predicted molar refractivity (Wildman–Crippen MR) is 118 cm³/mol. The van der Waals surface area contributed by atoms with Crippen LogP contribution in [0.25, 0.3) is 0 Å². The average molecular weight is 467 g/mol. The van der Waals surface area contributed by atoms with Gasteiger partial charge in [0, 0.05) is 18.7 Å². The van der Waals surface area contributed by atoms with Gasteiger partial charge in [-0.3, -0.25) is 4.79 Å². The zero-order valence-electron chi connectivity index (χ0n) is 17.9. The van der Waals surface area contributed by atoms with E-state index in [0.29, 0.717) is 18.8 Å². The van der Waals surface area contributed by atoms with Crippen molar-refractivity contribution in [1.29, 1.82) is 0 Å². The Morgan fingerprint density at radius 3 is 2.42 bits per heavy atom. The number of nitrogens with one attached hydrogen (secondary N) is 1. The molecule has 1 aliphatic heterocycles. The van der Waals surface area contributed by atoms with E-state index in [4.69, 9.17) is 9.47 Å². The van der Waals surface area contributed by atoms with E-state index in [2.05, 4.69) is 5.32 Å². The molecule has 1 saturated heterocycles. The van der Waals surface area contributed by atoms with Gasteiger partial charge in [-0.1, -0.05) is 13.8 Å². The van der Waals surface area contributed by atoms with Gasteiger partial charge < -0.3 is 14.8 Å². The third kappa shape index (κ3) is 4.91. The molecule has 1 amide bonds. The number of esters is 1. The summed E-state index contributed by atoms with van der Waals surface area (Å²) in [6.07, 6.45) is 0.967. The predicted octanol–water partition coefficient (Wildman–Crippen LogP) is 3.46. The van der Waals surface area contributed by atoms with Crippen LogP contribution in [0, 0.1) is 11.8 Å². The number of sulfonamides is 1. The van der Waals surface area contributed by atoms with Gasteiger partial charge >= 0.3 is 5.97 Å². The second-order valence-electron chi connectivity index (χ2n) is 7.74. The molecule has 2 heterocycles. The minimum absolute atomic E-state index is 0.0533. The minimum atomic E-state index is -3.86. The molecule has 2 aromatic rings. The van der Waals surface area contributed by atoms with Crippen molar-refractivity contribution in [3.05, 3.63) is 40.1 Å². The molecule has 1 fully saturated rings. The highest BCUT2D eigenvalue weighted by Gasteiger charge is 2.34. The first kappa shape index (κ1) is 23.2. The fourth-order valence-electron chi connectivity index (χ4n) is 3.81. The molecule has 8 nitrogen and oxygen atoms in total. The van der Waals surface area contributed by atoms with Gasteiger partial charge in [0.15, 0.2) is 0 Å². The van der Waals surface area contributed by atoms with E-state index in [1.54, 1.807) is 11.4 Å². The van der Waals surface area contributed by atoms with Crippen LogP contribution < -0.4 is 10.1 Å². The summed E-state index contributed by atoms with van der Waals surface area (Å²) in [5, 5.41) is 4.31. The first-order valence-corrected chi connectivity index (χ1v) is 12.1. The molecule has 1 aromatic heterocycles. The van der Waals surface area contributed by atoms with Crippen LogP contribution in [-0.4, -0.2) is 51.9 Å². The normalized spacial score (nSPS) is 19.6. The molecular weight excluding hydrogens is 440 g/mol. The number of benzene rings is 1. The molecule has 1 N–H and O–H groups in total. The lowest BCUT2D eigenvalue weighted by Crippen LogP contribution is -2.42. The first-order valence-electron chi connectivity index (χ1n) is 9.82. The van der Waals surface area contributed by atoms with Crippen molar-refractivity contribution in [2.45, 2.75) is 25.2 Å². The van der Waals surface area contributed by atoms with E-state index >= 15 is 0 Å². The minimum Gasteiger partial charge on any atom is -0.495 e. The number of rotatable bonds is 6. The molecule has 0 radical (unpaired) electrons. The number of carbonyl (C=O) groups is 2. The fourth-order valence-corrected chi connectivity index (χ4v) is 6.44. The Morgan fingerprint density at radius 2 is 1.81 bits per heavy atom. The standard InChI is InChI=1S/C21H26N2O6S2/c1-13-9-14(2)12-23(11-13)31(26,27)18-10-15(5-6-17(18)28-3)20(24)22-16-7-8-30-19(16)21(25)29-4/h5-8,10,13-14H,9,11-12H2,1-4H3,(H,22,24). The zero-order chi connectivity index (χ0) is 22.8. The monoisotopic (exact) mass is 466 g/mol. The van der Waals surface area contributed by atoms with Crippen molar-refractivity contribution < 1.29 is 27.5 Å². The SMILES string of the molecule is COC(=O)c1sccc1NC(=O)c1ccc(OC)c(S(=O)(=O)N2CC(C)CC(C)C2)c1. The van der Waals surface area contributed by atoms with Crippen molar-refractivity contribution in [3.8, 4) is 5.75 Å². The summed E-state index contributed by atoms with van der Waals surface area (Å²) >= 11 is 1.14. The Hall–Kier alpha value is -2.43. The highest BCUT2D eigenvalue weighted by Crippen LogP contribution is 2.32. The summed E-state index contributed by atoms with van der Waals surface area (Å²) in [5.74, 6) is -0.439. The van der Waals surface area contributed by atoms with Crippen LogP contribution in [0.5, 0.6) is 5.75 Å². The van der Waals surface area contributed by atoms with Crippen molar-refractivity contribution >= 4 is 38.9 Å². The number of amides is 1. The van der Waals surface area contributed by atoms with E-state index in [1.807, 2.05) is 13.8 Å². The molecule has 2 unspecified atom stereocenters. The molecule has 1 aliphatic rings. The topological polar surface area (TPSA) is 102 Å². The Bertz CT molecular complexity index is 1070. The van der Waals surface area contributed by atoms with Gasteiger partial charge in [-0.2, -0.15) is 4.31 Å². The molecule has 0 bridgehead atoms. The molecule has 0 aliphatic carbocycles. The number of carbonyl (C=O) groups excluding carboxylic acids is 2. The Kier molecular flexibility index (Phi) is 7.03. The number of hydrogen-bond donors (Lipinski definition) is 1. The van der Waals surface area contributed by atoms with Crippen molar-refractivity contribution in [2.75, 3.05) is 32.6 Å². The maximum absolute atomic E-state index is 13.4. The van der Waals surface area contributed by atoms with Gasteiger partial charge in [-0.15, -0.1) is 11.3 Å². The van der Waals surface area contributed by atoms with Crippen LogP contribution >= 0.6 is 11.3 Å². The van der Waals surface area contributed by atoms with Crippen LogP contribution in [0.3, 0.4) is 0 Å². The smallest absolute Gasteiger partial charge is 0.350 e. The van der Waals surface area contributed by atoms with E-state index in [0.717, 1.165) is 17.8 Å². The lowest BCUT2D eigenvalue weighted by atomic mass is 9.94. The first-order chi connectivity index (χ1) is 14.7.